The summed E-state index contributed by atoms with van der Waals surface area (Å²) in [4.78, 5) is 16.6. The fourth-order valence-electron chi connectivity index (χ4n) is 3.02. The fourth-order valence-corrected chi connectivity index (χ4v) is 3.02. The van der Waals surface area contributed by atoms with Crippen LogP contribution >= 0.6 is 0 Å². The van der Waals surface area contributed by atoms with Crippen LogP contribution in [0.2, 0.25) is 0 Å². The summed E-state index contributed by atoms with van der Waals surface area (Å²) in [6.07, 6.45) is -2.88. The molecule has 2 heterocycles. The molecular weight excluding hydrogens is 397 g/mol. The smallest absolute Gasteiger partial charge is 0.416 e. The summed E-state index contributed by atoms with van der Waals surface area (Å²) in [5.74, 6) is -0.0526. The van der Waals surface area contributed by atoms with E-state index >= 15 is 0 Å². The van der Waals surface area contributed by atoms with Crippen molar-refractivity contribution in [2.45, 2.75) is 25.9 Å². The van der Waals surface area contributed by atoms with Crippen LogP contribution in [0.25, 0.3) is 17.2 Å². The number of amides is 1. The van der Waals surface area contributed by atoms with Gasteiger partial charge in [-0.25, -0.2) is 4.98 Å². The van der Waals surface area contributed by atoms with Gasteiger partial charge < -0.3 is 9.73 Å². The lowest BCUT2D eigenvalue weighted by Crippen LogP contribution is -2.19. The van der Waals surface area contributed by atoms with Crippen molar-refractivity contribution in [1.29, 1.82) is 0 Å². The number of nitrogens with one attached hydrogen (secondary N) is 1. The number of hydrogen-bond acceptors (Lipinski definition) is 4. The fraction of sp³-hybridized carbons (Fsp3) is 0.190. The van der Waals surface area contributed by atoms with E-state index in [0.29, 0.717) is 34.2 Å². The summed E-state index contributed by atoms with van der Waals surface area (Å²) < 4.78 is 45.9. The number of aryl methyl sites for hydroxylation is 1. The highest BCUT2D eigenvalue weighted by molar-refractivity contribution is 5.95. The van der Waals surface area contributed by atoms with E-state index in [0.717, 1.165) is 12.1 Å². The van der Waals surface area contributed by atoms with Gasteiger partial charge in [0.25, 0.3) is 0 Å². The van der Waals surface area contributed by atoms with Crippen molar-refractivity contribution >= 4 is 17.3 Å². The second-order valence-electron chi connectivity index (χ2n) is 6.87. The Morgan fingerprint density at radius 2 is 1.90 bits per heavy atom. The monoisotopic (exact) mass is 414 g/mol. The predicted octanol–water partition coefficient (Wildman–Crippen LogP) is 5.06. The molecule has 30 heavy (non-hydrogen) atoms. The van der Waals surface area contributed by atoms with Crippen molar-refractivity contribution in [3.63, 3.8) is 0 Å². The third-order valence-corrected chi connectivity index (χ3v) is 4.78. The van der Waals surface area contributed by atoms with E-state index in [2.05, 4.69) is 15.4 Å². The Hall–Kier alpha value is -3.62. The number of carbonyl (C=O) groups excluding carboxylic acids is 1. The molecule has 0 radical (unpaired) electrons. The maximum absolute atomic E-state index is 12.9. The lowest BCUT2D eigenvalue weighted by molar-refractivity contribution is -0.137. The normalized spacial score (nSPS) is 12.8. The number of imidazole rings is 1. The molecule has 0 saturated carbocycles. The molecule has 0 spiro atoms. The van der Waals surface area contributed by atoms with E-state index in [1.165, 1.54) is 12.1 Å². The molecular formula is C21H17F3N4O2. The number of anilines is 1. The minimum atomic E-state index is -4.46. The Balaban J connectivity index is 1.48. The van der Waals surface area contributed by atoms with Crippen molar-refractivity contribution in [2.75, 3.05) is 5.32 Å². The molecule has 4 aromatic rings. The van der Waals surface area contributed by atoms with Gasteiger partial charge in [0, 0.05) is 11.3 Å². The predicted molar refractivity (Wildman–Crippen MR) is 104 cm³/mol. The van der Waals surface area contributed by atoms with Gasteiger partial charge in [-0.3, -0.25) is 4.79 Å². The summed E-state index contributed by atoms with van der Waals surface area (Å²) in [5, 5.41) is 7.06. The average molecular weight is 414 g/mol. The number of halogens is 3. The van der Waals surface area contributed by atoms with Crippen LogP contribution in [0.3, 0.4) is 0 Å². The van der Waals surface area contributed by atoms with E-state index in [1.807, 2.05) is 6.92 Å². The standard InChI is InChI=1S/C21H17F3N4O2/c1-12(15-4-3-5-16(10-15)21(22,23)24)19(29)26-17-8-6-14(7-9-17)20-27-28-13(2)25-11-18(28)30-20/h3-12H,1-2H3,(H,26,29). The lowest BCUT2D eigenvalue weighted by Gasteiger charge is -2.15. The Bertz CT molecular complexity index is 1210. The van der Waals surface area contributed by atoms with Crippen LogP contribution in [0, 0.1) is 6.92 Å². The number of fused-ring (bicyclic) bond motifs is 1. The number of benzene rings is 2. The third-order valence-electron chi connectivity index (χ3n) is 4.78. The van der Waals surface area contributed by atoms with Crippen LogP contribution in [0.4, 0.5) is 18.9 Å². The highest BCUT2D eigenvalue weighted by Gasteiger charge is 2.31. The van der Waals surface area contributed by atoms with Gasteiger partial charge in [-0.15, -0.1) is 5.10 Å². The highest BCUT2D eigenvalue weighted by atomic mass is 19.4. The molecule has 0 fully saturated rings. The molecule has 2 aromatic carbocycles. The Kier molecular flexibility index (Phi) is 4.81. The van der Waals surface area contributed by atoms with Crippen molar-refractivity contribution in [1.82, 2.24) is 14.6 Å². The zero-order valence-electron chi connectivity index (χ0n) is 16.1. The zero-order chi connectivity index (χ0) is 21.5. The van der Waals surface area contributed by atoms with Crippen molar-refractivity contribution in [3.8, 4) is 11.5 Å². The Morgan fingerprint density at radius 1 is 1.17 bits per heavy atom. The molecule has 154 valence electrons. The van der Waals surface area contributed by atoms with Crippen molar-refractivity contribution in [2.24, 2.45) is 0 Å². The zero-order valence-corrected chi connectivity index (χ0v) is 16.1. The van der Waals surface area contributed by atoms with E-state index in [-0.39, 0.29) is 0 Å². The van der Waals surface area contributed by atoms with Gasteiger partial charge >= 0.3 is 6.18 Å². The number of alkyl halides is 3. The number of hydrogen-bond donors (Lipinski definition) is 1. The lowest BCUT2D eigenvalue weighted by atomic mass is 9.98. The van der Waals surface area contributed by atoms with E-state index in [1.54, 1.807) is 41.9 Å². The summed E-state index contributed by atoms with van der Waals surface area (Å²) in [6, 6.07) is 11.6. The average Bonchev–Trinajstić information content (AvgIpc) is 3.29. The molecule has 6 nitrogen and oxygen atoms in total. The van der Waals surface area contributed by atoms with Gasteiger partial charge in [0.15, 0.2) is 0 Å². The first-order chi connectivity index (χ1) is 14.2. The van der Waals surface area contributed by atoms with Crippen LogP contribution in [0.1, 0.15) is 29.8 Å². The first-order valence-corrected chi connectivity index (χ1v) is 9.12. The number of carbonyl (C=O) groups is 1. The molecule has 0 aliphatic rings. The summed E-state index contributed by atoms with van der Waals surface area (Å²) in [6.45, 7) is 3.37. The minimum Gasteiger partial charge on any atom is -0.417 e. The molecule has 0 aliphatic heterocycles. The first-order valence-electron chi connectivity index (χ1n) is 9.12. The van der Waals surface area contributed by atoms with Crippen LogP contribution in [-0.4, -0.2) is 20.5 Å². The van der Waals surface area contributed by atoms with Gasteiger partial charge in [0.1, 0.15) is 5.82 Å². The Morgan fingerprint density at radius 3 is 2.57 bits per heavy atom. The molecule has 1 N–H and O–H groups in total. The molecule has 4 rings (SSSR count). The second-order valence-corrected chi connectivity index (χ2v) is 6.87. The van der Waals surface area contributed by atoms with Crippen LogP contribution in [0.5, 0.6) is 0 Å². The molecule has 1 unspecified atom stereocenters. The van der Waals surface area contributed by atoms with Gasteiger partial charge in [0.2, 0.25) is 17.5 Å². The summed E-state index contributed by atoms with van der Waals surface area (Å²) in [7, 11) is 0. The maximum atomic E-state index is 12.9. The molecule has 1 amide bonds. The first kappa shape index (κ1) is 19.7. The summed E-state index contributed by atoms with van der Waals surface area (Å²) in [5.41, 5.74) is 1.26. The molecule has 0 bridgehead atoms. The number of rotatable bonds is 4. The van der Waals surface area contributed by atoms with E-state index < -0.39 is 23.6 Å². The molecule has 1 atom stereocenters. The minimum absolute atomic E-state index is 0.290. The van der Waals surface area contributed by atoms with Crippen molar-refractivity contribution in [3.05, 3.63) is 71.7 Å². The van der Waals surface area contributed by atoms with Gasteiger partial charge in [-0.05, 0) is 49.7 Å². The topological polar surface area (TPSA) is 72.4 Å². The van der Waals surface area contributed by atoms with Crippen LogP contribution in [-0.2, 0) is 11.0 Å². The quantitative estimate of drug-likeness (QED) is 0.507. The third kappa shape index (κ3) is 3.78. The SMILES string of the molecule is Cc1ncc2oc(-c3ccc(NC(=O)C(C)c4cccc(C(F)(F)F)c4)cc3)nn12. The highest BCUT2D eigenvalue weighted by Crippen LogP contribution is 2.31. The molecule has 9 heteroatoms. The van der Waals surface area contributed by atoms with Crippen molar-refractivity contribution < 1.29 is 22.4 Å². The van der Waals surface area contributed by atoms with Gasteiger partial charge in [-0.2, -0.15) is 17.7 Å². The summed E-state index contributed by atoms with van der Waals surface area (Å²) >= 11 is 0. The molecule has 0 saturated heterocycles. The maximum Gasteiger partial charge on any atom is 0.416 e. The van der Waals surface area contributed by atoms with Crippen LogP contribution in [0.15, 0.2) is 59.1 Å². The Labute approximate surface area is 169 Å². The van der Waals surface area contributed by atoms with Gasteiger partial charge in [-0.1, -0.05) is 18.2 Å². The number of aromatic nitrogens is 3. The van der Waals surface area contributed by atoms with E-state index in [4.69, 9.17) is 4.42 Å². The van der Waals surface area contributed by atoms with Gasteiger partial charge in [0.05, 0.1) is 17.7 Å². The van der Waals surface area contributed by atoms with E-state index in [9.17, 15) is 18.0 Å². The largest absolute Gasteiger partial charge is 0.417 e. The number of nitrogens with zero attached hydrogens (tertiary/aromatic N) is 3. The second kappa shape index (κ2) is 7.33. The molecule has 0 aliphatic carbocycles. The van der Waals surface area contributed by atoms with Crippen LogP contribution < -0.4 is 5.32 Å². The molecule has 2 aromatic heterocycles.